The second kappa shape index (κ2) is 6.35. The van der Waals surface area contributed by atoms with Crippen molar-refractivity contribution in [2.24, 2.45) is 0 Å². The summed E-state index contributed by atoms with van der Waals surface area (Å²) in [6.07, 6.45) is 2.93. The van der Waals surface area contributed by atoms with Gasteiger partial charge >= 0.3 is 0 Å². The molecule has 5 heteroatoms. The van der Waals surface area contributed by atoms with Crippen LogP contribution < -0.4 is 9.64 Å². The van der Waals surface area contributed by atoms with Gasteiger partial charge in [0.05, 0.1) is 0 Å². The molecule has 0 aliphatic carbocycles. The Morgan fingerprint density at radius 3 is 2.64 bits per heavy atom. The van der Waals surface area contributed by atoms with Crippen molar-refractivity contribution in [2.45, 2.75) is 26.4 Å². The maximum Gasteiger partial charge on any atom is 0.132 e. The average Bonchev–Trinajstić information content (AvgIpc) is 2.40. The molecule has 0 bridgehead atoms. The molecule has 1 atom stereocenters. The van der Waals surface area contributed by atoms with Crippen LogP contribution in [0.25, 0.3) is 0 Å². The third kappa shape index (κ3) is 3.16. The monoisotopic (exact) mass is 336 g/mol. The van der Waals surface area contributed by atoms with E-state index in [1.165, 1.54) is 6.42 Å². The smallest absolute Gasteiger partial charge is 0.132 e. The lowest BCUT2D eigenvalue weighted by atomic mass is 10.1. The summed E-state index contributed by atoms with van der Waals surface area (Å²) < 4.78 is 6.12. The van der Waals surface area contributed by atoms with Crippen molar-refractivity contribution in [2.75, 3.05) is 18.0 Å². The normalized spacial score (nSPS) is 15.4. The van der Waals surface area contributed by atoms with E-state index in [1.807, 2.05) is 38.2 Å². The first kappa shape index (κ1) is 15.4. The predicted octanol–water partition coefficient (Wildman–Crippen LogP) is 5.05. The minimum atomic E-state index is -0.157. The molecule has 2 heterocycles. The molecule has 1 unspecified atom stereocenters. The van der Waals surface area contributed by atoms with Gasteiger partial charge in [0.2, 0.25) is 0 Å². The van der Waals surface area contributed by atoms with Crippen molar-refractivity contribution in [3.05, 3.63) is 51.6 Å². The number of benzene rings is 1. The first-order valence-corrected chi connectivity index (χ1v) is 8.13. The van der Waals surface area contributed by atoms with Gasteiger partial charge in [-0.1, -0.05) is 29.3 Å². The molecule has 0 radical (unpaired) electrons. The highest BCUT2D eigenvalue weighted by Gasteiger charge is 2.18. The SMILES string of the molecule is Cc1cnc(N2CCC2)cc1OC(C)c1ccc(Cl)cc1Cl. The van der Waals surface area contributed by atoms with Crippen molar-refractivity contribution in [3.8, 4) is 5.75 Å². The van der Waals surface area contributed by atoms with Gasteiger partial charge in [0.1, 0.15) is 17.7 Å². The molecule has 1 aromatic heterocycles. The molecular formula is C17H18Cl2N2O. The van der Waals surface area contributed by atoms with Crippen molar-refractivity contribution >= 4 is 29.0 Å². The fourth-order valence-electron chi connectivity index (χ4n) is 2.43. The van der Waals surface area contributed by atoms with Crippen molar-refractivity contribution in [1.82, 2.24) is 4.98 Å². The number of aromatic nitrogens is 1. The zero-order valence-corrected chi connectivity index (χ0v) is 14.2. The summed E-state index contributed by atoms with van der Waals surface area (Å²) in [5.41, 5.74) is 1.94. The van der Waals surface area contributed by atoms with E-state index in [0.29, 0.717) is 10.0 Å². The number of hydrogen-bond donors (Lipinski definition) is 0. The van der Waals surface area contributed by atoms with Gasteiger partial charge in [-0.05, 0) is 32.4 Å². The number of hydrogen-bond acceptors (Lipinski definition) is 3. The molecule has 0 N–H and O–H groups in total. The summed E-state index contributed by atoms with van der Waals surface area (Å²) in [6.45, 7) is 6.11. The number of nitrogens with zero attached hydrogens (tertiary/aromatic N) is 2. The molecule has 1 saturated heterocycles. The van der Waals surface area contributed by atoms with E-state index >= 15 is 0 Å². The minimum Gasteiger partial charge on any atom is -0.486 e. The third-order valence-electron chi connectivity index (χ3n) is 3.92. The largest absolute Gasteiger partial charge is 0.486 e. The summed E-state index contributed by atoms with van der Waals surface area (Å²) >= 11 is 12.2. The van der Waals surface area contributed by atoms with Crippen LogP contribution in [0.5, 0.6) is 5.75 Å². The molecule has 0 saturated carbocycles. The molecule has 2 aromatic rings. The van der Waals surface area contributed by atoms with Gasteiger partial charge < -0.3 is 9.64 Å². The van der Waals surface area contributed by atoms with Crippen LogP contribution in [0.4, 0.5) is 5.82 Å². The average molecular weight is 337 g/mol. The molecule has 1 aromatic carbocycles. The van der Waals surface area contributed by atoms with E-state index < -0.39 is 0 Å². The van der Waals surface area contributed by atoms with Gasteiger partial charge in [0.25, 0.3) is 0 Å². The van der Waals surface area contributed by atoms with Gasteiger partial charge in [-0.2, -0.15) is 0 Å². The zero-order valence-electron chi connectivity index (χ0n) is 12.6. The maximum absolute atomic E-state index is 6.26. The van der Waals surface area contributed by atoms with Gasteiger partial charge in [-0.15, -0.1) is 0 Å². The highest BCUT2D eigenvalue weighted by Crippen LogP contribution is 2.32. The van der Waals surface area contributed by atoms with Crippen LogP contribution in [0, 0.1) is 6.92 Å². The summed E-state index contributed by atoms with van der Waals surface area (Å²) in [5.74, 6) is 1.82. The fraction of sp³-hybridized carbons (Fsp3) is 0.353. The lowest BCUT2D eigenvalue weighted by Gasteiger charge is -2.32. The van der Waals surface area contributed by atoms with Crippen LogP contribution in [0.2, 0.25) is 10.0 Å². The zero-order chi connectivity index (χ0) is 15.7. The second-order valence-corrected chi connectivity index (χ2v) is 6.42. The van der Waals surface area contributed by atoms with E-state index in [2.05, 4.69) is 9.88 Å². The van der Waals surface area contributed by atoms with Gasteiger partial charge in [0.15, 0.2) is 0 Å². The number of anilines is 1. The molecule has 1 fully saturated rings. The lowest BCUT2D eigenvalue weighted by molar-refractivity contribution is 0.225. The third-order valence-corrected chi connectivity index (χ3v) is 4.49. The molecule has 3 rings (SSSR count). The fourth-order valence-corrected chi connectivity index (χ4v) is 2.99. The van der Waals surface area contributed by atoms with Crippen molar-refractivity contribution < 1.29 is 4.74 Å². The quantitative estimate of drug-likeness (QED) is 0.781. The standard InChI is InChI=1S/C17H18Cl2N2O/c1-11-10-20-17(21-6-3-7-21)9-16(11)22-12(2)14-5-4-13(18)8-15(14)19/h4-5,8-10,12H,3,6-7H2,1-2H3. The number of aryl methyl sites for hydroxylation is 1. The first-order valence-electron chi connectivity index (χ1n) is 7.38. The van der Waals surface area contributed by atoms with E-state index in [0.717, 1.165) is 35.8 Å². The first-order chi connectivity index (χ1) is 10.5. The van der Waals surface area contributed by atoms with Gasteiger partial charge in [-0.3, -0.25) is 0 Å². The predicted molar refractivity (Wildman–Crippen MR) is 91.3 cm³/mol. The van der Waals surface area contributed by atoms with Crippen LogP contribution in [-0.2, 0) is 0 Å². The Morgan fingerprint density at radius 2 is 2.00 bits per heavy atom. The van der Waals surface area contributed by atoms with Crippen LogP contribution in [0.15, 0.2) is 30.5 Å². The lowest BCUT2D eigenvalue weighted by Crippen LogP contribution is -2.37. The summed E-state index contributed by atoms with van der Waals surface area (Å²) in [4.78, 5) is 6.71. The van der Waals surface area contributed by atoms with Gasteiger partial charge in [-0.25, -0.2) is 4.98 Å². The van der Waals surface area contributed by atoms with Gasteiger partial charge in [0, 0.05) is 46.5 Å². The molecule has 22 heavy (non-hydrogen) atoms. The van der Waals surface area contributed by atoms with E-state index in [9.17, 15) is 0 Å². The molecule has 3 nitrogen and oxygen atoms in total. The second-order valence-electron chi connectivity index (χ2n) is 5.57. The van der Waals surface area contributed by atoms with Crippen LogP contribution >= 0.6 is 23.2 Å². The molecular weight excluding hydrogens is 319 g/mol. The van der Waals surface area contributed by atoms with E-state index in [-0.39, 0.29) is 6.10 Å². The highest BCUT2D eigenvalue weighted by atomic mass is 35.5. The number of rotatable bonds is 4. The van der Waals surface area contributed by atoms with Crippen LogP contribution in [0.1, 0.15) is 30.6 Å². The molecule has 116 valence electrons. The minimum absolute atomic E-state index is 0.157. The molecule has 1 aliphatic heterocycles. The summed E-state index contributed by atoms with van der Waals surface area (Å²) in [7, 11) is 0. The summed E-state index contributed by atoms with van der Waals surface area (Å²) in [5, 5.41) is 1.25. The van der Waals surface area contributed by atoms with Crippen LogP contribution in [0.3, 0.4) is 0 Å². The topological polar surface area (TPSA) is 25.4 Å². The Labute approximate surface area is 140 Å². The Hall–Kier alpha value is -1.45. The van der Waals surface area contributed by atoms with Crippen molar-refractivity contribution in [3.63, 3.8) is 0 Å². The highest BCUT2D eigenvalue weighted by molar-refractivity contribution is 6.35. The Bertz CT molecular complexity index is 686. The van der Waals surface area contributed by atoms with Crippen molar-refractivity contribution in [1.29, 1.82) is 0 Å². The van der Waals surface area contributed by atoms with E-state index in [4.69, 9.17) is 27.9 Å². The number of halogens is 2. The Kier molecular flexibility index (Phi) is 4.46. The Balaban J connectivity index is 1.82. The number of ether oxygens (including phenoxy) is 1. The van der Waals surface area contributed by atoms with E-state index in [1.54, 1.807) is 6.07 Å². The number of pyridine rings is 1. The summed E-state index contributed by atoms with van der Waals surface area (Å²) in [6, 6.07) is 7.48. The maximum atomic E-state index is 6.26. The molecule has 1 aliphatic rings. The molecule has 0 amide bonds. The Morgan fingerprint density at radius 1 is 1.23 bits per heavy atom. The molecule has 0 spiro atoms. The van der Waals surface area contributed by atoms with Crippen LogP contribution in [-0.4, -0.2) is 18.1 Å².